The topological polar surface area (TPSA) is 30.0 Å². The van der Waals surface area contributed by atoms with Crippen molar-refractivity contribution in [2.75, 3.05) is 0 Å². The van der Waals surface area contributed by atoms with E-state index >= 15 is 0 Å². The number of para-hydroxylation sites is 1. The molecule has 0 fully saturated rings. The summed E-state index contributed by atoms with van der Waals surface area (Å²) >= 11 is 0. The average molecular weight is 211 g/mol. The predicted molar refractivity (Wildman–Crippen MR) is 65.5 cm³/mol. The minimum absolute atomic E-state index is 0.0140. The van der Waals surface area contributed by atoms with E-state index in [0.29, 0.717) is 5.56 Å². The molecule has 0 radical (unpaired) electrons. The predicted octanol–water partition coefficient (Wildman–Crippen LogP) is 3.38. The quantitative estimate of drug-likeness (QED) is 0.575. The highest BCUT2D eigenvalue weighted by Crippen LogP contribution is 2.13. The van der Waals surface area contributed by atoms with E-state index in [-0.39, 0.29) is 5.78 Å². The van der Waals surface area contributed by atoms with Gasteiger partial charge >= 0.3 is 0 Å². The summed E-state index contributed by atoms with van der Waals surface area (Å²) in [5, 5.41) is 0.998. The summed E-state index contributed by atoms with van der Waals surface area (Å²) in [4.78, 5) is 16.0. The number of allylic oxidation sites excluding steroid dienone is 2. The fourth-order valence-corrected chi connectivity index (χ4v) is 1.53. The van der Waals surface area contributed by atoms with E-state index in [2.05, 4.69) is 4.98 Å². The summed E-state index contributed by atoms with van der Waals surface area (Å²) in [6, 6.07) is 9.66. The second-order valence-corrected chi connectivity index (χ2v) is 3.59. The Balaban J connectivity index is 2.39. The second kappa shape index (κ2) is 4.71. The van der Waals surface area contributed by atoms with Gasteiger partial charge in [-0.2, -0.15) is 0 Å². The molecule has 80 valence electrons. The van der Waals surface area contributed by atoms with E-state index < -0.39 is 0 Å². The van der Waals surface area contributed by atoms with Crippen molar-refractivity contribution < 1.29 is 4.79 Å². The van der Waals surface area contributed by atoms with E-state index in [9.17, 15) is 4.79 Å². The third-order valence-corrected chi connectivity index (χ3v) is 2.38. The Kier molecular flexibility index (Phi) is 3.10. The van der Waals surface area contributed by atoms with Crippen LogP contribution in [0.5, 0.6) is 0 Å². The fraction of sp³-hybridized carbons (Fsp3) is 0.143. The van der Waals surface area contributed by atoms with E-state index in [0.717, 1.165) is 17.3 Å². The van der Waals surface area contributed by atoms with Crippen molar-refractivity contribution in [3.05, 3.63) is 54.2 Å². The van der Waals surface area contributed by atoms with Gasteiger partial charge < -0.3 is 0 Å². The van der Waals surface area contributed by atoms with Gasteiger partial charge in [0.15, 0.2) is 5.78 Å². The SMILES string of the molecule is CC/C=C/C(=O)c1cnc2ccccc2c1. The van der Waals surface area contributed by atoms with Gasteiger partial charge in [-0.05, 0) is 24.6 Å². The number of carbonyl (C=O) groups is 1. The van der Waals surface area contributed by atoms with Gasteiger partial charge in [-0.1, -0.05) is 31.2 Å². The van der Waals surface area contributed by atoms with Crippen molar-refractivity contribution in [1.82, 2.24) is 4.98 Å². The summed E-state index contributed by atoms with van der Waals surface area (Å²) in [5.41, 5.74) is 1.56. The Labute approximate surface area is 94.6 Å². The zero-order valence-corrected chi connectivity index (χ0v) is 9.18. The highest BCUT2D eigenvalue weighted by atomic mass is 16.1. The number of rotatable bonds is 3. The number of hydrogen-bond donors (Lipinski definition) is 0. The van der Waals surface area contributed by atoms with Gasteiger partial charge in [0.25, 0.3) is 0 Å². The number of aromatic nitrogens is 1. The van der Waals surface area contributed by atoms with E-state index in [1.165, 1.54) is 0 Å². The van der Waals surface area contributed by atoms with Crippen molar-refractivity contribution in [3.63, 3.8) is 0 Å². The zero-order valence-electron chi connectivity index (χ0n) is 9.18. The van der Waals surface area contributed by atoms with Crippen molar-refractivity contribution in [2.45, 2.75) is 13.3 Å². The largest absolute Gasteiger partial charge is 0.289 e. The lowest BCUT2D eigenvalue weighted by atomic mass is 10.1. The van der Waals surface area contributed by atoms with Gasteiger partial charge in [-0.3, -0.25) is 9.78 Å². The molecule has 0 amide bonds. The first-order valence-corrected chi connectivity index (χ1v) is 5.37. The first kappa shape index (κ1) is 10.6. The molecule has 0 aliphatic rings. The van der Waals surface area contributed by atoms with E-state index in [4.69, 9.17) is 0 Å². The number of benzene rings is 1. The van der Waals surface area contributed by atoms with Crippen LogP contribution in [-0.2, 0) is 0 Å². The molecule has 0 aliphatic carbocycles. The van der Waals surface area contributed by atoms with Crippen LogP contribution in [0.4, 0.5) is 0 Å². The zero-order chi connectivity index (χ0) is 11.4. The van der Waals surface area contributed by atoms with Gasteiger partial charge in [0.05, 0.1) is 5.52 Å². The number of fused-ring (bicyclic) bond motifs is 1. The van der Waals surface area contributed by atoms with Crippen molar-refractivity contribution in [3.8, 4) is 0 Å². The average Bonchev–Trinajstić information content (AvgIpc) is 2.35. The number of ketones is 1. The van der Waals surface area contributed by atoms with Gasteiger partial charge in [0.1, 0.15) is 0 Å². The third kappa shape index (κ3) is 2.16. The van der Waals surface area contributed by atoms with Crippen LogP contribution in [0, 0.1) is 0 Å². The molecule has 0 N–H and O–H groups in total. The number of hydrogen-bond acceptors (Lipinski definition) is 2. The van der Waals surface area contributed by atoms with E-state index in [1.807, 2.05) is 43.3 Å². The molecule has 1 aromatic carbocycles. The normalized spacial score (nSPS) is 11.1. The van der Waals surface area contributed by atoms with Crippen LogP contribution in [0.25, 0.3) is 10.9 Å². The lowest BCUT2D eigenvalue weighted by Crippen LogP contribution is -1.95. The standard InChI is InChI=1S/C14H13NO/c1-2-3-8-14(16)12-9-11-6-4-5-7-13(11)15-10-12/h3-10H,2H2,1H3/b8-3+. The molecule has 0 bridgehead atoms. The summed E-state index contributed by atoms with van der Waals surface area (Å²) < 4.78 is 0. The first-order valence-electron chi connectivity index (χ1n) is 5.37. The van der Waals surface area contributed by atoms with Crippen molar-refractivity contribution >= 4 is 16.7 Å². The number of carbonyl (C=O) groups excluding carboxylic acids is 1. The van der Waals surface area contributed by atoms with Gasteiger partial charge in [-0.15, -0.1) is 0 Å². The summed E-state index contributed by atoms with van der Waals surface area (Å²) in [6.07, 6.45) is 5.96. The summed E-state index contributed by atoms with van der Waals surface area (Å²) in [5.74, 6) is 0.0140. The Hall–Kier alpha value is -1.96. The van der Waals surface area contributed by atoms with Crippen LogP contribution in [0.2, 0.25) is 0 Å². The molecule has 16 heavy (non-hydrogen) atoms. The van der Waals surface area contributed by atoms with Crippen molar-refractivity contribution in [1.29, 1.82) is 0 Å². The molecule has 1 heterocycles. The Morgan fingerprint density at radius 2 is 2.19 bits per heavy atom. The van der Waals surface area contributed by atoms with Crippen LogP contribution >= 0.6 is 0 Å². The van der Waals surface area contributed by atoms with Crippen LogP contribution in [-0.4, -0.2) is 10.8 Å². The summed E-state index contributed by atoms with van der Waals surface area (Å²) in [6.45, 7) is 2.00. The number of pyridine rings is 1. The highest BCUT2D eigenvalue weighted by molar-refractivity contribution is 6.05. The first-order chi connectivity index (χ1) is 7.81. The Morgan fingerprint density at radius 1 is 1.38 bits per heavy atom. The molecule has 0 spiro atoms. The minimum Gasteiger partial charge on any atom is -0.289 e. The molecule has 0 aliphatic heterocycles. The van der Waals surface area contributed by atoms with Crippen LogP contribution < -0.4 is 0 Å². The molecular weight excluding hydrogens is 198 g/mol. The van der Waals surface area contributed by atoms with Gasteiger partial charge in [0.2, 0.25) is 0 Å². The second-order valence-electron chi connectivity index (χ2n) is 3.59. The third-order valence-electron chi connectivity index (χ3n) is 2.38. The minimum atomic E-state index is 0.0140. The molecule has 2 rings (SSSR count). The maximum atomic E-state index is 11.7. The molecule has 0 saturated carbocycles. The maximum absolute atomic E-state index is 11.7. The fourth-order valence-electron chi connectivity index (χ4n) is 1.53. The molecular formula is C14H13NO. The molecule has 1 aromatic heterocycles. The molecule has 0 saturated heterocycles. The Bertz CT molecular complexity index is 543. The van der Waals surface area contributed by atoms with Gasteiger partial charge in [0, 0.05) is 17.1 Å². The lowest BCUT2D eigenvalue weighted by molar-refractivity contribution is 0.104. The van der Waals surface area contributed by atoms with Crippen LogP contribution in [0.3, 0.4) is 0 Å². The lowest BCUT2D eigenvalue weighted by Gasteiger charge is -1.99. The van der Waals surface area contributed by atoms with Gasteiger partial charge in [-0.25, -0.2) is 0 Å². The van der Waals surface area contributed by atoms with Crippen LogP contribution in [0.1, 0.15) is 23.7 Å². The molecule has 0 unspecified atom stereocenters. The molecule has 2 aromatic rings. The molecule has 2 nitrogen and oxygen atoms in total. The monoisotopic (exact) mass is 211 g/mol. The Morgan fingerprint density at radius 3 is 3.00 bits per heavy atom. The number of nitrogens with zero attached hydrogens (tertiary/aromatic N) is 1. The van der Waals surface area contributed by atoms with Crippen LogP contribution in [0.15, 0.2) is 48.7 Å². The van der Waals surface area contributed by atoms with Crippen molar-refractivity contribution in [2.24, 2.45) is 0 Å². The summed E-state index contributed by atoms with van der Waals surface area (Å²) in [7, 11) is 0. The molecule has 2 heteroatoms. The smallest absolute Gasteiger partial charge is 0.187 e. The highest BCUT2D eigenvalue weighted by Gasteiger charge is 2.03. The molecule has 0 atom stereocenters. The van der Waals surface area contributed by atoms with E-state index in [1.54, 1.807) is 12.3 Å². The maximum Gasteiger partial charge on any atom is 0.187 e.